The largest absolute Gasteiger partial charge is 0.289 e. The number of ketones is 1. The molecule has 180 valence electrons. The first-order valence-corrected chi connectivity index (χ1v) is 13.6. The molecule has 0 aliphatic heterocycles. The molecule has 2 aromatic rings. The van der Waals surface area contributed by atoms with E-state index in [1.54, 1.807) is 6.08 Å². The average molecular weight is 447 g/mol. The van der Waals surface area contributed by atoms with Crippen LogP contribution in [0.4, 0.5) is 0 Å². The van der Waals surface area contributed by atoms with Gasteiger partial charge in [0, 0.05) is 5.56 Å². The van der Waals surface area contributed by atoms with Gasteiger partial charge in [0.1, 0.15) is 0 Å². The highest BCUT2D eigenvalue weighted by Crippen LogP contribution is 2.15. The molecule has 0 N–H and O–H groups in total. The lowest BCUT2D eigenvalue weighted by Crippen LogP contribution is -1.94. The summed E-state index contributed by atoms with van der Waals surface area (Å²) in [5, 5.41) is 0. The zero-order chi connectivity index (χ0) is 23.6. The number of aryl methyl sites for hydroxylation is 2. The first-order chi connectivity index (χ1) is 16.2. The second-order valence-corrected chi connectivity index (χ2v) is 9.53. The Morgan fingerprint density at radius 1 is 0.576 bits per heavy atom. The van der Waals surface area contributed by atoms with Crippen molar-refractivity contribution in [1.82, 2.24) is 0 Å². The molecule has 2 rings (SSSR count). The van der Waals surface area contributed by atoms with Gasteiger partial charge in [0.05, 0.1) is 0 Å². The van der Waals surface area contributed by atoms with Gasteiger partial charge in [-0.1, -0.05) is 146 Å². The predicted molar refractivity (Wildman–Crippen MR) is 145 cm³/mol. The maximum atomic E-state index is 12.4. The molecule has 0 aliphatic carbocycles. The van der Waals surface area contributed by atoms with E-state index in [1.165, 1.54) is 88.2 Å². The van der Waals surface area contributed by atoms with Gasteiger partial charge in [-0.2, -0.15) is 0 Å². The summed E-state index contributed by atoms with van der Waals surface area (Å²) in [6, 6.07) is 16.7. The van der Waals surface area contributed by atoms with Crippen LogP contribution < -0.4 is 0 Å². The van der Waals surface area contributed by atoms with Crippen molar-refractivity contribution in [2.45, 2.75) is 110 Å². The van der Waals surface area contributed by atoms with Crippen molar-refractivity contribution >= 4 is 11.9 Å². The fraction of sp³-hybridized carbons (Fsp3) is 0.531. The molecule has 0 saturated heterocycles. The van der Waals surface area contributed by atoms with Crippen LogP contribution in [0.5, 0.6) is 0 Å². The number of hydrogen-bond donors (Lipinski definition) is 0. The van der Waals surface area contributed by atoms with E-state index in [0.29, 0.717) is 0 Å². The van der Waals surface area contributed by atoms with Crippen molar-refractivity contribution in [2.75, 3.05) is 0 Å². The van der Waals surface area contributed by atoms with Crippen LogP contribution in [-0.2, 0) is 12.8 Å². The number of benzene rings is 2. The van der Waals surface area contributed by atoms with Crippen molar-refractivity contribution in [1.29, 1.82) is 0 Å². The normalized spacial score (nSPS) is 11.3. The lowest BCUT2D eigenvalue weighted by atomic mass is 10.0. The molecule has 0 saturated carbocycles. The molecule has 1 nitrogen and oxygen atoms in total. The molecule has 0 spiro atoms. The summed E-state index contributed by atoms with van der Waals surface area (Å²) in [6.45, 7) is 4.46. The van der Waals surface area contributed by atoms with Gasteiger partial charge < -0.3 is 0 Å². The molecular weight excluding hydrogens is 400 g/mol. The van der Waals surface area contributed by atoms with Crippen LogP contribution in [0, 0.1) is 0 Å². The first kappa shape index (κ1) is 27.1. The van der Waals surface area contributed by atoms with Crippen molar-refractivity contribution in [3.63, 3.8) is 0 Å². The van der Waals surface area contributed by atoms with Crippen molar-refractivity contribution in [3.05, 3.63) is 76.9 Å². The van der Waals surface area contributed by atoms with E-state index in [-0.39, 0.29) is 5.78 Å². The van der Waals surface area contributed by atoms with Gasteiger partial charge in [0.2, 0.25) is 0 Å². The second-order valence-electron chi connectivity index (χ2n) is 9.53. The van der Waals surface area contributed by atoms with Crippen LogP contribution in [0.1, 0.15) is 124 Å². The number of hydrogen-bond acceptors (Lipinski definition) is 1. The second kappa shape index (κ2) is 17.3. The number of allylic oxidation sites excluding steroid dienone is 1. The van der Waals surface area contributed by atoms with E-state index < -0.39 is 0 Å². The van der Waals surface area contributed by atoms with Gasteiger partial charge in [-0.15, -0.1) is 0 Å². The zero-order valence-corrected chi connectivity index (χ0v) is 21.3. The minimum absolute atomic E-state index is 0.0682. The summed E-state index contributed by atoms with van der Waals surface area (Å²) in [5.74, 6) is 0.0682. The highest BCUT2D eigenvalue weighted by Gasteiger charge is 2.02. The van der Waals surface area contributed by atoms with Gasteiger partial charge in [-0.3, -0.25) is 4.79 Å². The van der Waals surface area contributed by atoms with Crippen LogP contribution in [0.3, 0.4) is 0 Å². The van der Waals surface area contributed by atoms with E-state index in [1.807, 2.05) is 18.2 Å². The Balaban J connectivity index is 1.57. The van der Waals surface area contributed by atoms with Crippen LogP contribution in [0.15, 0.2) is 54.6 Å². The molecule has 0 fully saturated rings. The quantitative estimate of drug-likeness (QED) is 0.126. The molecule has 33 heavy (non-hydrogen) atoms. The smallest absolute Gasteiger partial charge is 0.185 e. The van der Waals surface area contributed by atoms with Crippen LogP contribution in [-0.4, -0.2) is 5.78 Å². The summed E-state index contributed by atoms with van der Waals surface area (Å²) in [7, 11) is 0. The van der Waals surface area contributed by atoms with Crippen LogP contribution >= 0.6 is 0 Å². The SMILES string of the molecule is CCCCCCCCCCCCCCc1ccc(C=CC(=O)c2ccc(CCC)cc2)cc1. The maximum absolute atomic E-state index is 12.4. The predicted octanol–water partition coefficient (Wildman–Crippen LogP) is 9.78. The van der Waals surface area contributed by atoms with Gasteiger partial charge in [0.15, 0.2) is 5.78 Å². The molecule has 0 atom stereocenters. The lowest BCUT2D eigenvalue weighted by Gasteiger charge is -2.04. The standard InChI is InChI=1S/C32H46O/c1-3-5-6-7-8-9-10-11-12-13-14-15-17-29-18-20-30(21-19-29)24-27-32(33)31-25-22-28(16-4-2)23-26-31/h18-27H,3-17H2,1-2H3. The molecular formula is C32H46O. The molecule has 0 bridgehead atoms. The third-order valence-corrected chi connectivity index (χ3v) is 6.50. The summed E-state index contributed by atoms with van der Waals surface area (Å²) in [4.78, 5) is 12.4. The molecule has 0 heterocycles. The van der Waals surface area contributed by atoms with Gasteiger partial charge in [-0.05, 0) is 42.0 Å². The molecule has 0 amide bonds. The van der Waals surface area contributed by atoms with E-state index in [0.717, 1.165) is 30.4 Å². The molecule has 0 unspecified atom stereocenters. The van der Waals surface area contributed by atoms with E-state index in [2.05, 4.69) is 50.2 Å². The monoisotopic (exact) mass is 446 g/mol. The number of unbranched alkanes of at least 4 members (excludes halogenated alkanes) is 11. The Bertz CT molecular complexity index is 782. The van der Waals surface area contributed by atoms with Gasteiger partial charge in [-0.25, -0.2) is 0 Å². The van der Waals surface area contributed by atoms with Crippen molar-refractivity contribution < 1.29 is 4.79 Å². The highest BCUT2D eigenvalue weighted by molar-refractivity contribution is 6.06. The summed E-state index contributed by atoms with van der Waals surface area (Å²) in [5.41, 5.74) is 4.54. The summed E-state index contributed by atoms with van der Waals surface area (Å²) >= 11 is 0. The average Bonchev–Trinajstić information content (AvgIpc) is 2.84. The number of carbonyl (C=O) groups excluding carboxylic acids is 1. The first-order valence-electron chi connectivity index (χ1n) is 13.6. The number of rotatable bonds is 18. The van der Waals surface area contributed by atoms with Crippen molar-refractivity contribution in [3.8, 4) is 0 Å². The Labute approximate surface area is 203 Å². The third kappa shape index (κ3) is 12.0. The molecule has 2 aromatic carbocycles. The van der Waals surface area contributed by atoms with E-state index >= 15 is 0 Å². The van der Waals surface area contributed by atoms with E-state index in [9.17, 15) is 4.79 Å². The van der Waals surface area contributed by atoms with E-state index in [4.69, 9.17) is 0 Å². The maximum Gasteiger partial charge on any atom is 0.185 e. The Morgan fingerprint density at radius 3 is 1.61 bits per heavy atom. The van der Waals surface area contributed by atoms with Crippen LogP contribution in [0.2, 0.25) is 0 Å². The van der Waals surface area contributed by atoms with Crippen LogP contribution in [0.25, 0.3) is 6.08 Å². The lowest BCUT2D eigenvalue weighted by molar-refractivity contribution is 0.104. The highest BCUT2D eigenvalue weighted by atomic mass is 16.1. The molecule has 0 aliphatic rings. The molecule has 1 heteroatoms. The van der Waals surface area contributed by atoms with Crippen molar-refractivity contribution in [2.24, 2.45) is 0 Å². The zero-order valence-electron chi connectivity index (χ0n) is 21.3. The fourth-order valence-electron chi connectivity index (χ4n) is 4.36. The van der Waals surface area contributed by atoms with Gasteiger partial charge in [0.25, 0.3) is 0 Å². The Kier molecular flexibility index (Phi) is 14.2. The Hall–Kier alpha value is -2.15. The topological polar surface area (TPSA) is 17.1 Å². The molecule has 0 aromatic heterocycles. The fourth-order valence-corrected chi connectivity index (χ4v) is 4.36. The third-order valence-electron chi connectivity index (χ3n) is 6.50. The van der Waals surface area contributed by atoms with Gasteiger partial charge >= 0.3 is 0 Å². The summed E-state index contributed by atoms with van der Waals surface area (Å²) < 4.78 is 0. The number of carbonyl (C=O) groups is 1. The minimum Gasteiger partial charge on any atom is -0.289 e. The molecule has 0 radical (unpaired) electrons. The minimum atomic E-state index is 0.0682. The summed E-state index contributed by atoms with van der Waals surface area (Å²) in [6.07, 6.45) is 23.7. The Morgan fingerprint density at radius 2 is 1.06 bits per heavy atom.